The van der Waals surface area contributed by atoms with Gasteiger partial charge in [0.1, 0.15) is 11.8 Å². The molecule has 1 amide bonds. The molecule has 2 aromatic heterocycles. The quantitative estimate of drug-likeness (QED) is 0.773. The van der Waals surface area contributed by atoms with Gasteiger partial charge in [-0.25, -0.2) is 4.98 Å². The summed E-state index contributed by atoms with van der Waals surface area (Å²) in [6.07, 6.45) is 1.38. The highest BCUT2D eigenvalue weighted by molar-refractivity contribution is 6.06. The molecule has 0 spiro atoms. The van der Waals surface area contributed by atoms with E-state index in [0.717, 1.165) is 16.6 Å². The number of hydrogen-bond donors (Lipinski definition) is 2. The monoisotopic (exact) mass is 317 g/mol. The van der Waals surface area contributed by atoms with Crippen molar-refractivity contribution in [2.45, 2.75) is 13.8 Å². The first-order chi connectivity index (χ1) is 11.5. The van der Waals surface area contributed by atoms with Crippen LogP contribution in [0.4, 0.5) is 5.69 Å². The Balaban J connectivity index is 1.95. The van der Waals surface area contributed by atoms with Gasteiger partial charge in [-0.15, -0.1) is 0 Å². The van der Waals surface area contributed by atoms with Gasteiger partial charge in [0.25, 0.3) is 5.91 Å². The normalized spacial score (nSPS) is 10.4. The van der Waals surface area contributed by atoms with Gasteiger partial charge in [0, 0.05) is 22.8 Å². The van der Waals surface area contributed by atoms with Crippen LogP contribution in [0, 0.1) is 18.3 Å². The average molecular weight is 317 g/mol. The number of nitrogens with one attached hydrogen (secondary N) is 2. The molecule has 1 aromatic carbocycles. The molecule has 0 saturated carbocycles. The van der Waals surface area contributed by atoms with E-state index in [4.69, 9.17) is 5.26 Å². The van der Waals surface area contributed by atoms with E-state index >= 15 is 0 Å². The zero-order chi connectivity index (χ0) is 17.3. The van der Waals surface area contributed by atoms with Gasteiger partial charge in [-0.3, -0.25) is 9.89 Å². The van der Waals surface area contributed by atoms with Gasteiger partial charge >= 0.3 is 0 Å². The van der Waals surface area contributed by atoms with Crippen LogP contribution in [0.5, 0.6) is 0 Å². The highest BCUT2D eigenvalue weighted by atomic mass is 16.1. The first-order valence-corrected chi connectivity index (χ1v) is 7.31. The van der Waals surface area contributed by atoms with Crippen LogP contribution in [0.1, 0.15) is 34.2 Å². The average Bonchev–Trinajstić information content (AvgIpc) is 2.95. The van der Waals surface area contributed by atoms with E-state index < -0.39 is 0 Å². The Labute approximate surface area is 138 Å². The third-order valence-electron chi connectivity index (χ3n) is 3.70. The number of nitriles is 1. The fraction of sp³-hybridized carbons (Fsp3) is 0.111. The van der Waals surface area contributed by atoms with Crippen molar-refractivity contribution in [2.75, 3.05) is 5.32 Å². The second-order valence-corrected chi connectivity index (χ2v) is 5.54. The number of fused-ring (bicyclic) bond motifs is 1. The van der Waals surface area contributed by atoms with Crippen LogP contribution < -0.4 is 5.32 Å². The second-order valence-electron chi connectivity index (χ2n) is 5.54. The van der Waals surface area contributed by atoms with Crippen molar-refractivity contribution in [3.05, 3.63) is 59.6 Å². The lowest BCUT2D eigenvalue weighted by Crippen LogP contribution is -2.16. The Bertz CT molecular complexity index is 1010. The summed E-state index contributed by atoms with van der Waals surface area (Å²) in [6, 6.07) is 9.14. The highest BCUT2D eigenvalue weighted by Gasteiger charge is 2.15. The summed E-state index contributed by atoms with van der Waals surface area (Å²) in [5.41, 5.74) is 4.28. The molecule has 6 nitrogen and oxygen atoms in total. The highest BCUT2D eigenvalue weighted by Crippen LogP contribution is 2.22. The van der Waals surface area contributed by atoms with Crippen LogP contribution >= 0.6 is 0 Å². The maximum atomic E-state index is 12.6. The number of aromatic amines is 1. The molecule has 118 valence electrons. The lowest BCUT2D eigenvalue weighted by Gasteiger charge is -2.10. The minimum absolute atomic E-state index is 0.241. The summed E-state index contributed by atoms with van der Waals surface area (Å²) in [5.74, 6) is -0.349. The number of hydrogen-bond acceptors (Lipinski definition) is 4. The molecule has 0 unspecified atom stereocenters. The number of nitrogens with zero attached hydrogens (tertiary/aromatic N) is 3. The number of rotatable bonds is 3. The zero-order valence-electron chi connectivity index (χ0n) is 13.3. The number of carbonyl (C=O) groups excluding carboxylic acids is 1. The molecule has 0 saturated heterocycles. The molecule has 3 rings (SSSR count). The van der Waals surface area contributed by atoms with Gasteiger partial charge in [-0.05, 0) is 43.7 Å². The Morgan fingerprint density at radius 2 is 2.17 bits per heavy atom. The molecular formula is C18H15N5O. The van der Waals surface area contributed by atoms with E-state index in [1.807, 2.05) is 25.1 Å². The van der Waals surface area contributed by atoms with Crippen molar-refractivity contribution >= 4 is 28.1 Å². The SMILES string of the molecule is C=C(C)c1cc(C#N)cnc1C(=O)Nc1ccc2[nH]nc(C)c2c1. The Morgan fingerprint density at radius 1 is 1.38 bits per heavy atom. The van der Waals surface area contributed by atoms with E-state index in [0.29, 0.717) is 22.4 Å². The van der Waals surface area contributed by atoms with Crippen molar-refractivity contribution in [2.24, 2.45) is 0 Å². The van der Waals surface area contributed by atoms with Gasteiger partial charge in [0.15, 0.2) is 0 Å². The van der Waals surface area contributed by atoms with E-state index in [-0.39, 0.29) is 11.6 Å². The zero-order valence-corrected chi connectivity index (χ0v) is 13.3. The lowest BCUT2D eigenvalue weighted by atomic mass is 10.0. The fourth-order valence-electron chi connectivity index (χ4n) is 2.45. The van der Waals surface area contributed by atoms with E-state index in [2.05, 4.69) is 27.1 Å². The number of pyridine rings is 1. The van der Waals surface area contributed by atoms with Crippen LogP contribution in [0.3, 0.4) is 0 Å². The third kappa shape index (κ3) is 2.75. The largest absolute Gasteiger partial charge is 0.321 e. The summed E-state index contributed by atoms with van der Waals surface area (Å²) < 4.78 is 0. The summed E-state index contributed by atoms with van der Waals surface area (Å²) in [7, 11) is 0. The van der Waals surface area contributed by atoms with Crippen LogP contribution in [-0.4, -0.2) is 21.1 Å². The summed E-state index contributed by atoms with van der Waals surface area (Å²) in [5, 5.41) is 19.8. The smallest absolute Gasteiger partial charge is 0.274 e. The predicted molar refractivity (Wildman–Crippen MR) is 92.4 cm³/mol. The molecule has 0 bridgehead atoms. The Morgan fingerprint density at radius 3 is 2.88 bits per heavy atom. The minimum Gasteiger partial charge on any atom is -0.321 e. The number of carbonyl (C=O) groups is 1. The van der Waals surface area contributed by atoms with Crippen molar-refractivity contribution in [1.29, 1.82) is 5.26 Å². The topological polar surface area (TPSA) is 94.5 Å². The van der Waals surface area contributed by atoms with Crippen molar-refractivity contribution in [1.82, 2.24) is 15.2 Å². The van der Waals surface area contributed by atoms with Crippen molar-refractivity contribution in [3.8, 4) is 6.07 Å². The number of aromatic nitrogens is 3. The van der Waals surface area contributed by atoms with Gasteiger partial charge in [-0.1, -0.05) is 6.58 Å². The Kier molecular flexibility index (Phi) is 3.84. The molecule has 0 aliphatic heterocycles. The summed E-state index contributed by atoms with van der Waals surface area (Å²) in [4.78, 5) is 16.7. The molecule has 0 aliphatic rings. The van der Waals surface area contributed by atoms with Gasteiger partial charge in [0.05, 0.1) is 16.8 Å². The molecule has 2 N–H and O–H groups in total. The van der Waals surface area contributed by atoms with Crippen LogP contribution in [-0.2, 0) is 0 Å². The van der Waals surface area contributed by atoms with Gasteiger partial charge in [0.2, 0.25) is 0 Å². The maximum absolute atomic E-state index is 12.6. The van der Waals surface area contributed by atoms with E-state index in [1.54, 1.807) is 19.1 Å². The molecule has 0 aliphatic carbocycles. The van der Waals surface area contributed by atoms with Gasteiger partial charge < -0.3 is 5.32 Å². The number of benzene rings is 1. The number of aryl methyl sites for hydroxylation is 1. The minimum atomic E-state index is -0.349. The molecule has 0 radical (unpaired) electrons. The van der Waals surface area contributed by atoms with E-state index in [1.165, 1.54) is 6.20 Å². The maximum Gasteiger partial charge on any atom is 0.274 e. The fourth-order valence-corrected chi connectivity index (χ4v) is 2.45. The number of amides is 1. The van der Waals surface area contributed by atoms with Crippen molar-refractivity contribution in [3.63, 3.8) is 0 Å². The molecule has 6 heteroatoms. The van der Waals surface area contributed by atoms with Gasteiger partial charge in [-0.2, -0.15) is 10.4 Å². The predicted octanol–water partition coefficient (Wildman–Crippen LogP) is 3.42. The molecule has 24 heavy (non-hydrogen) atoms. The summed E-state index contributed by atoms with van der Waals surface area (Å²) in [6.45, 7) is 7.52. The van der Waals surface area contributed by atoms with E-state index in [9.17, 15) is 4.79 Å². The number of allylic oxidation sites excluding steroid dienone is 1. The second kappa shape index (κ2) is 5.97. The van der Waals surface area contributed by atoms with Crippen LogP contribution in [0.25, 0.3) is 16.5 Å². The first-order valence-electron chi connectivity index (χ1n) is 7.31. The van der Waals surface area contributed by atoms with Crippen molar-refractivity contribution < 1.29 is 4.79 Å². The van der Waals surface area contributed by atoms with Crippen LogP contribution in [0.15, 0.2) is 37.0 Å². The Hall–Kier alpha value is -3.46. The summed E-state index contributed by atoms with van der Waals surface area (Å²) >= 11 is 0. The molecule has 0 atom stereocenters. The number of H-pyrrole nitrogens is 1. The third-order valence-corrected chi connectivity index (χ3v) is 3.70. The molecule has 0 fully saturated rings. The standard InChI is InChI=1S/C18H15N5O/c1-10(2)14-6-12(8-19)9-20-17(14)18(24)21-13-4-5-16-15(7-13)11(3)22-23-16/h4-7,9H,1H2,2-3H3,(H,21,24)(H,22,23). The first kappa shape index (κ1) is 15.4. The molecular weight excluding hydrogens is 302 g/mol. The molecule has 2 heterocycles. The van der Waals surface area contributed by atoms with Crippen LogP contribution in [0.2, 0.25) is 0 Å². The molecule has 3 aromatic rings. The number of anilines is 1. The lowest BCUT2D eigenvalue weighted by molar-refractivity contribution is 0.102.